The van der Waals surface area contributed by atoms with Crippen molar-refractivity contribution in [1.29, 1.82) is 5.26 Å². The van der Waals surface area contributed by atoms with Crippen LogP contribution in [-0.2, 0) is 12.8 Å². The zero-order valence-electron chi connectivity index (χ0n) is 17.7. The standard InChI is InChI=1S/C24H25ClN5P/c1-31(2)22-12-16(14-26)8-11-21(22)29-23-20(25)15-27-24(30-23)28-19-10-9-17-6-4-3-5-7-18(17)13-19/h8-13,15H,3-7H2,1-2H3,(H2,27,28,29,30). The molecule has 0 saturated heterocycles. The lowest BCUT2D eigenvalue weighted by molar-refractivity contribution is 0.711. The van der Waals surface area contributed by atoms with Gasteiger partial charge in [0.25, 0.3) is 0 Å². The first-order valence-corrected chi connectivity index (χ1v) is 13.0. The molecule has 2 N–H and O–H groups in total. The smallest absolute Gasteiger partial charge is 0.229 e. The van der Waals surface area contributed by atoms with Crippen molar-refractivity contribution in [3.8, 4) is 6.07 Å². The summed E-state index contributed by atoms with van der Waals surface area (Å²) in [6.07, 6.45) is 7.69. The van der Waals surface area contributed by atoms with Gasteiger partial charge >= 0.3 is 0 Å². The number of rotatable bonds is 5. The van der Waals surface area contributed by atoms with E-state index in [1.807, 2.05) is 12.1 Å². The van der Waals surface area contributed by atoms with Crippen molar-refractivity contribution >= 4 is 48.0 Å². The van der Waals surface area contributed by atoms with E-state index in [0.29, 0.717) is 22.4 Å². The van der Waals surface area contributed by atoms with E-state index in [9.17, 15) is 5.26 Å². The van der Waals surface area contributed by atoms with E-state index in [1.54, 1.807) is 12.3 Å². The average Bonchev–Trinajstić information content (AvgIpc) is 3.01. The van der Waals surface area contributed by atoms with Gasteiger partial charge in [-0.15, -0.1) is 0 Å². The lowest BCUT2D eigenvalue weighted by Crippen LogP contribution is -2.10. The Hall–Kier alpha value is -2.67. The first-order valence-electron chi connectivity index (χ1n) is 10.4. The monoisotopic (exact) mass is 449 g/mol. The lowest BCUT2D eigenvalue weighted by Gasteiger charge is -2.16. The number of hydrogen-bond donors (Lipinski definition) is 2. The van der Waals surface area contributed by atoms with Crippen LogP contribution in [-0.4, -0.2) is 23.3 Å². The molecule has 158 valence electrons. The molecule has 3 aromatic rings. The van der Waals surface area contributed by atoms with E-state index in [2.05, 4.69) is 58.2 Å². The average molecular weight is 450 g/mol. The number of anilines is 4. The van der Waals surface area contributed by atoms with Gasteiger partial charge in [0, 0.05) is 16.7 Å². The number of nitriles is 1. The van der Waals surface area contributed by atoms with Crippen LogP contribution in [0.4, 0.5) is 23.1 Å². The SMILES string of the molecule is CP(C)c1cc(C#N)ccc1Nc1nc(Nc2ccc3c(c2)CCCCC3)ncc1Cl. The molecule has 0 aliphatic heterocycles. The van der Waals surface area contributed by atoms with Crippen LogP contribution in [0.15, 0.2) is 42.6 Å². The van der Waals surface area contributed by atoms with E-state index in [1.165, 1.54) is 30.4 Å². The van der Waals surface area contributed by atoms with Gasteiger partial charge in [-0.25, -0.2) is 4.98 Å². The Morgan fingerprint density at radius 2 is 1.81 bits per heavy atom. The summed E-state index contributed by atoms with van der Waals surface area (Å²) in [5, 5.41) is 17.4. The Balaban J connectivity index is 1.59. The van der Waals surface area contributed by atoms with Crippen molar-refractivity contribution in [3.05, 3.63) is 64.3 Å². The minimum atomic E-state index is -0.415. The molecule has 0 fully saturated rings. The minimum Gasteiger partial charge on any atom is -0.338 e. The van der Waals surface area contributed by atoms with E-state index in [0.717, 1.165) is 29.5 Å². The van der Waals surface area contributed by atoms with Gasteiger partial charge in [0.2, 0.25) is 5.95 Å². The number of aryl methyl sites for hydroxylation is 2. The van der Waals surface area contributed by atoms with E-state index in [-0.39, 0.29) is 0 Å². The fraction of sp³-hybridized carbons (Fsp3) is 0.292. The largest absolute Gasteiger partial charge is 0.338 e. The van der Waals surface area contributed by atoms with E-state index < -0.39 is 7.92 Å². The zero-order chi connectivity index (χ0) is 21.8. The summed E-state index contributed by atoms with van der Waals surface area (Å²) in [5.41, 5.74) is 5.41. The molecule has 0 bridgehead atoms. The highest BCUT2D eigenvalue weighted by Gasteiger charge is 2.13. The second kappa shape index (κ2) is 9.64. The molecule has 0 radical (unpaired) electrons. The molecule has 0 spiro atoms. The quantitative estimate of drug-likeness (QED) is 0.362. The number of aromatic nitrogens is 2. The fourth-order valence-electron chi connectivity index (χ4n) is 3.84. The third-order valence-electron chi connectivity index (χ3n) is 5.46. The van der Waals surface area contributed by atoms with Crippen LogP contribution in [0.25, 0.3) is 0 Å². The predicted octanol–water partition coefficient (Wildman–Crippen LogP) is 6.12. The third kappa shape index (κ3) is 5.15. The molecule has 0 atom stereocenters. The normalized spacial score (nSPS) is 13.3. The summed E-state index contributed by atoms with van der Waals surface area (Å²) in [6.45, 7) is 4.31. The van der Waals surface area contributed by atoms with Crippen LogP contribution < -0.4 is 15.9 Å². The fourth-order valence-corrected chi connectivity index (χ4v) is 4.98. The van der Waals surface area contributed by atoms with E-state index in [4.69, 9.17) is 11.6 Å². The van der Waals surface area contributed by atoms with Gasteiger partial charge in [-0.2, -0.15) is 10.2 Å². The maximum absolute atomic E-state index is 9.22. The summed E-state index contributed by atoms with van der Waals surface area (Å²) in [5.74, 6) is 1.03. The Morgan fingerprint density at radius 1 is 1.00 bits per heavy atom. The van der Waals surface area contributed by atoms with Crippen molar-refractivity contribution in [3.63, 3.8) is 0 Å². The highest BCUT2D eigenvalue weighted by atomic mass is 35.5. The number of fused-ring (bicyclic) bond motifs is 1. The van der Waals surface area contributed by atoms with Gasteiger partial charge < -0.3 is 10.6 Å². The molecule has 1 heterocycles. The molecule has 1 aromatic heterocycles. The van der Waals surface area contributed by atoms with Crippen molar-refractivity contribution in [2.24, 2.45) is 0 Å². The number of hydrogen-bond acceptors (Lipinski definition) is 5. The lowest BCUT2D eigenvalue weighted by atomic mass is 10.0. The van der Waals surface area contributed by atoms with Gasteiger partial charge in [-0.05, 0) is 80.5 Å². The van der Waals surface area contributed by atoms with Gasteiger partial charge in [0.15, 0.2) is 5.82 Å². The molecule has 1 aliphatic rings. The summed E-state index contributed by atoms with van der Waals surface area (Å²) in [4.78, 5) is 8.97. The molecule has 0 amide bonds. The first-order chi connectivity index (χ1) is 15.0. The van der Waals surface area contributed by atoms with Crippen LogP contribution in [0.1, 0.15) is 36.0 Å². The Kier molecular flexibility index (Phi) is 6.70. The van der Waals surface area contributed by atoms with Gasteiger partial charge in [-0.1, -0.05) is 32.0 Å². The Morgan fingerprint density at radius 3 is 2.58 bits per heavy atom. The van der Waals surface area contributed by atoms with Crippen LogP contribution in [0.3, 0.4) is 0 Å². The first kappa shape index (κ1) is 21.6. The number of benzene rings is 2. The van der Waals surface area contributed by atoms with Crippen LogP contribution >= 0.6 is 19.5 Å². The van der Waals surface area contributed by atoms with E-state index >= 15 is 0 Å². The molecular formula is C24H25ClN5P. The Labute approximate surface area is 189 Å². The van der Waals surface area contributed by atoms with Crippen molar-refractivity contribution in [1.82, 2.24) is 9.97 Å². The third-order valence-corrected chi connectivity index (χ3v) is 7.07. The molecule has 1 aliphatic carbocycles. The maximum atomic E-state index is 9.22. The van der Waals surface area contributed by atoms with Crippen LogP contribution in [0.5, 0.6) is 0 Å². The minimum absolute atomic E-state index is 0.415. The molecule has 4 rings (SSSR count). The van der Waals surface area contributed by atoms with Gasteiger partial charge in [-0.3, -0.25) is 0 Å². The molecule has 5 nitrogen and oxygen atoms in total. The topological polar surface area (TPSA) is 73.6 Å². The highest BCUT2D eigenvalue weighted by molar-refractivity contribution is 7.64. The maximum Gasteiger partial charge on any atom is 0.229 e. The zero-order valence-corrected chi connectivity index (χ0v) is 19.4. The Bertz CT molecular complexity index is 1140. The van der Waals surface area contributed by atoms with Crippen LogP contribution in [0.2, 0.25) is 5.02 Å². The number of halogens is 1. The molecule has 0 unspecified atom stereocenters. The highest BCUT2D eigenvalue weighted by Crippen LogP contribution is 2.32. The second-order valence-corrected chi connectivity index (χ2v) is 10.6. The number of nitrogens with one attached hydrogen (secondary N) is 2. The second-order valence-electron chi connectivity index (χ2n) is 7.92. The predicted molar refractivity (Wildman–Crippen MR) is 131 cm³/mol. The van der Waals surface area contributed by atoms with Crippen molar-refractivity contribution < 1.29 is 0 Å². The van der Waals surface area contributed by atoms with Crippen molar-refractivity contribution in [2.45, 2.75) is 32.1 Å². The molecule has 0 saturated carbocycles. The van der Waals surface area contributed by atoms with Crippen LogP contribution in [0, 0.1) is 11.3 Å². The van der Waals surface area contributed by atoms with Gasteiger partial charge in [0.1, 0.15) is 5.02 Å². The molecule has 31 heavy (non-hydrogen) atoms. The molecule has 2 aromatic carbocycles. The summed E-state index contributed by atoms with van der Waals surface area (Å²) in [7, 11) is -0.415. The van der Waals surface area contributed by atoms with Gasteiger partial charge in [0.05, 0.1) is 17.8 Å². The summed E-state index contributed by atoms with van der Waals surface area (Å²) in [6, 6.07) is 14.4. The molecule has 7 heteroatoms. The molecular weight excluding hydrogens is 425 g/mol. The number of nitrogens with zero attached hydrogens (tertiary/aromatic N) is 3. The summed E-state index contributed by atoms with van der Waals surface area (Å²) >= 11 is 6.39. The summed E-state index contributed by atoms with van der Waals surface area (Å²) < 4.78 is 0. The van der Waals surface area contributed by atoms with Crippen molar-refractivity contribution in [2.75, 3.05) is 24.0 Å².